The highest BCUT2D eigenvalue weighted by Gasteiger charge is 2.12. The zero-order valence-electron chi connectivity index (χ0n) is 15.7. The molecule has 0 aliphatic rings. The fraction of sp³-hybridized carbons (Fsp3) is 0.0952. The standard InChI is InChI=1S/C21H18N2O6/c1-27-15-6-8-17(18(24)11-15)20(25)23-22-12-16-7-9-19(29-16)13-4-3-5-14(10-13)21(26)28-2/h3-12,24H,1-2H3,(H,23,25)/b22-12-. The minimum atomic E-state index is -0.584. The second-order valence-electron chi connectivity index (χ2n) is 5.86. The van der Waals surface area contributed by atoms with E-state index in [9.17, 15) is 14.7 Å². The first-order valence-electron chi connectivity index (χ1n) is 8.51. The average molecular weight is 394 g/mol. The molecule has 0 unspecified atom stereocenters. The molecule has 0 aliphatic heterocycles. The quantitative estimate of drug-likeness (QED) is 0.377. The molecule has 1 amide bonds. The third-order valence-electron chi connectivity index (χ3n) is 4.00. The van der Waals surface area contributed by atoms with E-state index in [0.29, 0.717) is 28.4 Å². The molecular formula is C21H18N2O6. The topological polar surface area (TPSA) is 110 Å². The van der Waals surface area contributed by atoms with Gasteiger partial charge in [-0.25, -0.2) is 10.2 Å². The number of carbonyl (C=O) groups is 2. The minimum absolute atomic E-state index is 0.0581. The highest BCUT2D eigenvalue weighted by molar-refractivity contribution is 5.97. The normalized spacial score (nSPS) is 10.7. The molecule has 3 rings (SSSR count). The van der Waals surface area contributed by atoms with Crippen LogP contribution in [0.4, 0.5) is 0 Å². The number of aromatic hydroxyl groups is 1. The summed E-state index contributed by atoms with van der Waals surface area (Å²) in [7, 11) is 2.78. The Morgan fingerprint density at radius 2 is 1.93 bits per heavy atom. The zero-order chi connectivity index (χ0) is 20.8. The van der Waals surface area contributed by atoms with Crippen LogP contribution < -0.4 is 10.2 Å². The van der Waals surface area contributed by atoms with Gasteiger partial charge in [-0.3, -0.25) is 4.79 Å². The molecule has 8 nitrogen and oxygen atoms in total. The molecule has 0 atom stereocenters. The molecule has 8 heteroatoms. The van der Waals surface area contributed by atoms with Crippen molar-refractivity contribution >= 4 is 18.1 Å². The van der Waals surface area contributed by atoms with Crippen molar-refractivity contribution in [3.05, 3.63) is 71.5 Å². The van der Waals surface area contributed by atoms with E-state index in [1.807, 2.05) is 0 Å². The summed E-state index contributed by atoms with van der Waals surface area (Å²) in [6.07, 6.45) is 1.33. The molecule has 29 heavy (non-hydrogen) atoms. The molecule has 0 bridgehead atoms. The van der Waals surface area contributed by atoms with Crippen LogP contribution in [0, 0.1) is 0 Å². The first-order chi connectivity index (χ1) is 14.0. The number of nitrogens with zero attached hydrogens (tertiary/aromatic N) is 1. The fourth-order valence-corrected chi connectivity index (χ4v) is 2.54. The molecule has 0 spiro atoms. The number of phenols is 1. The summed E-state index contributed by atoms with van der Waals surface area (Å²) in [4.78, 5) is 23.8. The van der Waals surface area contributed by atoms with Crippen LogP contribution in [0.25, 0.3) is 11.3 Å². The summed E-state index contributed by atoms with van der Waals surface area (Å²) in [6, 6.07) is 14.5. The van der Waals surface area contributed by atoms with E-state index in [-0.39, 0.29) is 11.3 Å². The summed E-state index contributed by atoms with van der Waals surface area (Å²) in [5.74, 6) is 0.104. The van der Waals surface area contributed by atoms with Crippen molar-refractivity contribution in [2.75, 3.05) is 14.2 Å². The van der Waals surface area contributed by atoms with Gasteiger partial charge < -0.3 is 19.0 Å². The highest BCUT2D eigenvalue weighted by Crippen LogP contribution is 2.24. The van der Waals surface area contributed by atoms with Crippen molar-refractivity contribution in [3.63, 3.8) is 0 Å². The second kappa shape index (κ2) is 8.75. The van der Waals surface area contributed by atoms with Crippen LogP contribution in [0.3, 0.4) is 0 Å². The molecule has 2 aromatic carbocycles. The fourth-order valence-electron chi connectivity index (χ4n) is 2.54. The molecule has 0 saturated heterocycles. The Morgan fingerprint density at radius 3 is 2.66 bits per heavy atom. The van der Waals surface area contributed by atoms with Gasteiger partial charge in [0.1, 0.15) is 23.0 Å². The van der Waals surface area contributed by atoms with Crippen molar-refractivity contribution in [1.82, 2.24) is 5.43 Å². The number of furan rings is 1. The smallest absolute Gasteiger partial charge is 0.337 e. The van der Waals surface area contributed by atoms with Crippen molar-refractivity contribution in [2.24, 2.45) is 5.10 Å². The van der Waals surface area contributed by atoms with Crippen LogP contribution in [-0.4, -0.2) is 37.4 Å². The summed E-state index contributed by atoms with van der Waals surface area (Å²) < 4.78 is 15.3. The van der Waals surface area contributed by atoms with Crippen molar-refractivity contribution in [1.29, 1.82) is 0 Å². The lowest BCUT2D eigenvalue weighted by molar-refractivity contribution is 0.0600. The molecule has 0 radical (unpaired) electrons. The number of phenolic OH excluding ortho intramolecular Hbond substituents is 1. The number of rotatable bonds is 6. The average Bonchev–Trinajstić information content (AvgIpc) is 3.22. The lowest BCUT2D eigenvalue weighted by Gasteiger charge is -2.05. The van der Waals surface area contributed by atoms with Gasteiger partial charge in [-0.1, -0.05) is 12.1 Å². The van der Waals surface area contributed by atoms with E-state index in [2.05, 4.69) is 10.5 Å². The molecule has 0 fully saturated rings. The number of hydrogen-bond acceptors (Lipinski definition) is 7. The largest absolute Gasteiger partial charge is 0.507 e. The Balaban J connectivity index is 1.68. The van der Waals surface area contributed by atoms with Crippen LogP contribution in [0.5, 0.6) is 11.5 Å². The second-order valence-corrected chi connectivity index (χ2v) is 5.86. The lowest BCUT2D eigenvalue weighted by atomic mass is 10.1. The molecule has 3 aromatic rings. The van der Waals surface area contributed by atoms with Gasteiger partial charge in [-0.2, -0.15) is 5.10 Å². The number of methoxy groups -OCH3 is 2. The van der Waals surface area contributed by atoms with E-state index >= 15 is 0 Å². The van der Waals surface area contributed by atoms with E-state index < -0.39 is 11.9 Å². The van der Waals surface area contributed by atoms with Gasteiger partial charge in [0, 0.05) is 11.6 Å². The first kappa shape index (κ1) is 19.7. The van der Waals surface area contributed by atoms with E-state index in [4.69, 9.17) is 13.9 Å². The van der Waals surface area contributed by atoms with E-state index in [1.54, 1.807) is 42.5 Å². The minimum Gasteiger partial charge on any atom is -0.507 e. The van der Waals surface area contributed by atoms with E-state index in [0.717, 1.165) is 0 Å². The maximum Gasteiger partial charge on any atom is 0.337 e. The molecule has 2 N–H and O–H groups in total. The number of nitrogens with one attached hydrogen (secondary N) is 1. The molecular weight excluding hydrogens is 376 g/mol. The third kappa shape index (κ3) is 4.62. The van der Waals surface area contributed by atoms with Gasteiger partial charge in [0.2, 0.25) is 0 Å². The SMILES string of the molecule is COC(=O)c1cccc(-c2ccc(/C=N\NC(=O)c3ccc(OC)cc3O)o2)c1. The van der Waals surface area contributed by atoms with Gasteiger partial charge >= 0.3 is 5.97 Å². The lowest BCUT2D eigenvalue weighted by Crippen LogP contribution is -2.17. The van der Waals surface area contributed by atoms with Crippen LogP contribution >= 0.6 is 0 Å². The van der Waals surface area contributed by atoms with Crippen molar-refractivity contribution < 1.29 is 28.6 Å². The van der Waals surface area contributed by atoms with Gasteiger partial charge in [-0.05, 0) is 36.4 Å². The van der Waals surface area contributed by atoms with Crippen LogP contribution in [0.1, 0.15) is 26.5 Å². The molecule has 1 heterocycles. The predicted molar refractivity (Wildman–Crippen MR) is 105 cm³/mol. The van der Waals surface area contributed by atoms with E-state index in [1.165, 1.54) is 32.6 Å². The summed E-state index contributed by atoms with van der Waals surface area (Å²) in [5.41, 5.74) is 3.47. The van der Waals surface area contributed by atoms with Crippen LogP contribution in [0.15, 0.2) is 64.1 Å². The van der Waals surface area contributed by atoms with Gasteiger partial charge in [0.05, 0.1) is 31.6 Å². The molecule has 0 aliphatic carbocycles. The Morgan fingerprint density at radius 1 is 1.10 bits per heavy atom. The maximum absolute atomic E-state index is 12.1. The maximum atomic E-state index is 12.1. The number of carbonyl (C=O) groups excluding carboxylic acids is 2. The van der Waals surface area contributed by atoms with Gasteiger partial charge in [-0.15, -0.1) is 0 Å². The van der Waals surface area contributed by atoms with Gasteiger partial charge in [0.15, 0.2) is 0 Å². The first-order valence-corrected chi connectivity index (χ1v) is 8.51. The van der Waals surface area contributed by atoms with Crippen LogP contribution in [-0.2, 0) is 4.74 Å². The molecule has 1 aromatic heterocycles. The number of esters is 1. The Bertz CT molecular complexity index is 1070. The summed E-state index contributed by atoms with van der Waals surface area (Å²) in [6.45, 7) is 0. The highest BCUT2D eigenvalue weighted by atomic mass is 16.5. The number of benzene rings is 2. The van der Waals surface area contributed by atoms with Crippen molar-refractivity contribution in [3.8, 4) is 22.8 Å². The Hall–Kier alpha value is -4.07. The molecule has 0 saturated carbocycles. The summed E-state index contributed by atoms with van der Waals surface area (Å²) >= 11 is 0. The van der Waals surface area contributed by atoms with Gasteiger partial charge in [0.25, 0.3) is 5.91 Å². The number of ether oxygens (including phenoxy) is 2. The number of hydrazone groups is 1. The zero-order valence-corrected chi connectivity index (χ0v) is 15.7. The summed E-state index contributed by atoms with van der Waals surface area (Å²) in [5, 5.41) is 13.7. The Labute approximate surface area is 166 Å². The monoisotopic (exact) mass is 394 g/mol. The number of hydrogen-bond donors (Lipinski definition) is 2. The third-order valence-corrected chi connectivity index (χ3v) is 4.00. The van der Waals surface area contributed by atoms with Crippen LogP contribution in [0.2, 0.25) is 0 Å². The Kier molecular flexibility index (Phi) is 5.94. The molecule has 148 valence electrons. The number of amides is 1. The van der Waals surface area contributed by atoms with Crippen molar-refractivity contribution in [2.45, 2.75) is 0 Å². The predicted octanol–water partition coefficient (Wildman–Crippen LogP) is 3.21.